The third-order valence-electron chi connectivity index (χ3n) is 2.78. The zero-order valence-corrected chi connectivity index (χ0v) is 11.4. The highest BCUT2D eigenvalue weighted by atomic mass is 16.5. The van der Waals surface area contributed by atoms with E-state index < -0.39 is 0 Å². The molecule has 0 unspecified atom stereocenters. The molecular weight excluding hydrogens is 258 g/mol. The van der Waals surface area contributed by atoms with Gasteiger partial charge in [-0.3, -0.25) is 19.4 Å². The highest BCUT2D eigenvalue weighted by Crippen LogP contribution is 2.11. The van der Waals surface area contributed by atoms with Crippen molar-refractivity contribution in [2.75, 3.05) is 5.32 Å². The summed E-state index contributed by atoms with van der Waals surface area (Å²) in [6.07, 6.45) is 0.720. The molecule has 1 N–H and O–H groups in total. The van der Waals surface area contributed by atoms with E-state index in [4.69, 9.17) is 4.52 Å². The van der Waals surface area contributed by atoms with Gasteiger partial charge in [0, 0.05) is 20.3 Å². The lowest BCUT2D eigenvalue weighted by Crippen LogP contribution is -2.42. The number of anilines is 1. The van der Waals surface area contributed by atoms with Crippen LogP contribution < -0.4 is 10.00 Å². The van der Waals surface area contributed by atoms with E-state index in [1.165, 1.54) is 18.5 Å². The summed E-state index contributed by atoms with van der Waals surface area (Å²) in [5.74, 6) is -0.417. The van der Waals surface area contributed by atoms with Crippen LogP contribution in [0, 0.1) is 0 Å². The molecule has 1 aromatic heterocycles. The Bertz CT molecular complexity index is 620. The van der Waals surface area contributed by atoms with E-state index in [0.717, 1.165) is 12.0 Å². The third-order valence-corrected chi connectivity index (χ3v) is 2.78. The van der Waals surface area contributed by atoms with Crippen molar-refractivity contribution in [2.24, 2.45) is 0 Å². The van der Waals surface area contributed by atoms with Crippen LogP contribution >= 0.6 is 0 Å². The Morgan fingerprint density at radius 2 is 1.95 bits per heavy atom. The Kier molecular flexibility index (Phi) is 4.24. The summed E-state index contributed by atoms with van der Waals surface area (Å²) in [6.45, 7) is 3.26. The molecule has 0 aliphatic heterocycles. The summed E-state index contributed by atoms with van der Waals surface area (Å²) in [5.41, 5.74) is 1.41. The highest BCUT2D eigenvalue weighted by molar-refractivity contribution is 5.98. The second kappa shape index (κ2) is 6.10. The van der Waals surface area contributed by atoms with Gasteiger partial charge in [0.1, 0.15) is 0 Å². The molecule has 0 radical (unpaired) electrons. The molecule has 2 rings (SSSR count). The van der Waals surface area contributed by atoms with Gasteiger partial charge in [-0.15, -0.1) is 0 Å². The molecule has 0 fully saturated rings. The van der Waals surface area contributed by atoms with Gasteiger partial charge in [0.15, 0.2) is 6.54 Å². The Morgan fingerprint density at radius 1 is 1.25 bits per heavy atom. The molecule has 1 heterocycles. The molecule has 0 spiro atoms. The molecule has 2 aromatic rings. The summed E-state index contributed by atoms with van der Waals surface area (Å²) >= 11 is 0. The van der Waals surface area contributed by atoms with Crippen LogP contribution in [0.15, 0.2) is 34.9 Å². The smallest absolute Gasteiger partial charge is 0.289 e. The molecule has 104 valence electrons. The normalized spacial score (nSPS) is 10.3. The number of Topliss-reactive ketones (excluding diaryl/α,β-unsaturated/α-hetero) is 1. The van der Waals surface area contributed by atoms with E-state index in [9.17, 15) is 9.59 Å². The lowest BCUT2D eigenvalue weighted by atomic mass is 10.1. The SMILES string of the molecule is CC(=O)Nc1on[n+](CCc2ccccc2)c1C(C)=O. The van der Waals surface area contributed by atoms with Crippen LogP contribution in [0.4, 0.5) is 5.88 Å². The number of carbonyl (C=O) groups is 2. The first-order valence-corrected chi connectivity index (χ1v) is 6.30. The second-order valence-electron chi connectivity index (χ2n) is 4.45. The third kappa shape index (κ3) is 3.28. The fourth-order valence-electron chi connectivity index (χ4n) is 1.91. The van der Waals surface area contributed by atoms with Crippen LogP contribution in [-0.4, -0.2) is 17.0 Å². The standard InChI is InChI=1S/C14H15N3O3/c1-10(18)13-14(15-11(2)19)20-16-17(13)9-8-12-6-4-3-5-7-12/h3-7H,8-9H2,1-2H3/p+1. The average Bonchev–Trinajstić information content (AvgIpc) is 2.79. The van der Waals surface area contributed by atoms with E-state index in [2.05, 4.69) is 10.6 Å². The van der Waals surface area contributed by atoms with Crippen molar-refractivity contribution in [3.8, 4) is 0 Å². The fraction of sp³-hybridized carbons (Fsp3) is 0.286. The van der Waals surface area contributed by atoms with Gasteiger partial charge in [-0.2, -0.15) is 0 Å². The zero-order valence-electron chi connectivity index (χ0n) is 11.4. The lowest BCUT2D eigenvalue weighted by molar-refractivity contribution is -0.763. The Balaban J connectivity index is 2.17. The number of nitrogens with one attached hydrogen (secondary N) is 1. The number of ketones is 1. The largest absolute Gasteiger partial charge is 0.340 e. The second-order valence-corrected chi connectivity index (χ2v) is 4.45. The minimum Gasteiger partial charge on any atom is -0.289 e. The number of rotatable bonds is 5. The van der Waals surface area contributed by atoms with Crippen molar-refractivity contribution in [3.05, 3.63) is 41.6 Å². The van der Waals surface area contributed by atoms with Crippen molar-refractivity contribution in [2.45, 2.75) is 26.8 Å². The summed E-state index contributed by atoms with van der Waals surface area (Å²) in [7, 11) is 0. The topological polar surface area (TPSA) is 76.1 Å². The van der Waals surface area contributed by atoms with Crippen LogP contribution in [0.5, 0.6) is 0 Å². The van der Waals surface area contributed by atoms with Crippen molar-refractivity contribution in [1.29, 1.82) is 0 Å². The number of amides is 1. The van der Waals surface area contributed by atoms with Crippen molar-refractivity contribution in [1.82, 2.24) is 5.27 Å². The van der Waals surface area contributed by atoms with Crippen molar-refractivity contribution >= 4 is 17.6 Å². The van der Waals surface area contributed by atoms with Gasteiger partial charge in [-0.05, 0) is 10.2 Å². The summed E-state index contributed by atoms with van der Waals surface area (Å²) < 4.78 is 6.49. The molecule has 0 saturated heterocycles. The lowest BCUT2D eigenvalue weighted by Gasteiger charge is -1.96. The molecule has 20 heavy (non-hydrogen) atoms. The maximum atomic E-state index is 11.7. The summed E-state index contributed by atoms with van der Waals surface area (Å²) in [6, 6.07) is 9.86. The van der Waals surface area contributed by atoms with E-state index in [-0.39, 0.29) is 23.3 Å². The number of aryl methyl sites for hydroxylation is 2. The number of hydrogen-bond acceptors (Lipinski definition) is 4. The molecule has 6 heteroatoms. The molecule has 0 aliphatic carbocycles. The van der Waals surface area contributed by atoms with E-state index in [0.29, 0.717) is 6.54 Å². The van der Waals surface area contributed by atoms with Crippen LogP contribution in [0.3, 0.4) is 0 Å². The quantitative estimate of drug-likeness (QED) is 0.660. The fourth-order valence-corrected chi connectivity index (χ4v) is 1.91. The molecule has 6 nitrogen and oxygen atoms in total. The monoisotopic (exact) mass is 274 g/mol. The van der Waals surface area contributed by atoms with E-state index in [1.54, 1.807) is 0 Å². The summed E-state index contributed by atoms with van der Waals surface area (Å²) in [4.78, 5) is 22.7. The first kappa shape index (κ1) is 13.9. The molecule has 1 aromatic carbocycles. The Morgan fingerprint density at radius 3 is 2.55 bits per heavy atom. The van der Waals surface area contributed by atoms with Crippen molar-refractivity contribution in [3.63, 3.8) is 0 Å². The number of benzene rings is 1. The first-order chi connectivity index (χ1) is 9.58. The molecular formula is C14H16N3O3+. The maximum absolute atomic E-state index is 11.7. The zero-order chi connectivity index (χ0) is 14.5. The predicted octanol–water partition coefficient (Wildman–Crippen LogP) is 1.37. The van der Waals surface area contributed by atoms with Gasteiger partial charge < -0.3 is 0 Å². The van der Waals surface area contributed by atoms with Crippen LogP contribution in [0.25, 0.3) is 0 Å². The number of carbonyl (C=O) groups excluding carboxylic acids is 2. The number of nitrogens with zero attached hydrogens (tertiary/aromatic N) is 2. The highest BCUT2D eigenvalue weighted by Gasteiger charge is 2.29. The molecule has 0 atom stereocenters. The minimum atomic E-state index is -0.307. The molecule has 0 bridgehead atoms. The Labute approximate surface area is 116 Å². The van der Waals surface area contributed by atoms with Crippen molar-refractivity contribution < 1.29 is 18.8 Å². The van der Waals surface area contributed by atoms with Gasteiger partial charge in [0.25, 0.3) is 0 Å². The van der Waals surface area contributed by atoms with Gasteiger partial charge in [0.05, 0.1) is 0 Å². The van der Waals surface area contributed by atoms with Gasteiger partial charge >= 0.3 is 11.6 Å². The van der Waals surface area contributed by atoms with Crippen LogP contribution in [0.1, 0.15) is 29.9 Å². The predicted molar refractivity (Wildman–Crippen MR) is 71.2 cm³/mol. The molecule has 0 saturated carbocycles. The number of hydrogen-bond donors (Lipinski definition) is 1. The van der Waals surface area contributed by atoms with Gasteiger partial charge in [-0.1, -0.05) is 30.3 Å². The van der Waals surface area contributed by atoms with Gasteiger partial charge in [0.2, 0.25) is 17.0 Å². The van der Waals surface area contributed by atoms with E-state index >= 15 is 0 Å². The number of aromatic nitrogens is 2. The molecule has 0 aliphatic rings. The maximum Gasteiger partial charge on any atom is 0.340 e. The first-order valence-electron chi connectivity index (χ1n) is 6.30. The molecule has 1 amide bonds. The van der Waals surface area contributed by atoms with Gasteiger partial charge in [-0.25, -0.2) is 0 Å². The minimum absolute atomic E-state index is 0.0954. The van der Waals surface area contributed by atoms with Crippen LogP contribution in [-0.2, 0) is 17.8 Å². The average molecular weight is 274 g/mol. The van der Waals surface area contributed by atoms with E-state index in [1.807, 2.05) is 30.3 Å². The Hall–Kier alpha value is -2.50. The van der Waals surface area contributed by atoms with Crippen LogP contribution in [0.2, 0.25) is 0 Å². The summed E-state index contributed by atoms with van der Waals surface area (Å²) in [5, 5.41) is 6.28.